The number of nitrogens with zero attached hydrogens (tertiary/aromatic N) is 1. The first-order chi connectivity index (χ1) is 12.0. The van der Waals surface area contributed by atoms with Gasteiger partial charge < -0.3 is 15.0 Å². The summed E-state index contributed by atoms with van der Waals surface area (Å²) in [5.74, 6) is -0.250. The molecule has 138 valence electrons. The average Bonchev–Trinajstić information content (AvgIpc) is 2.63. The normalized spacial score (nSPS) is 16.5. The van der Waals surface area contributed by atoms with Crippen LogP contribution in [-0.4, -0.2) is 49.6 Å². The maximum atomic E-state index is 13.5. The smallest absolute Gasteiger partial charge is 0.225 e. The Hall–Kier alpha value is -1.95. The van der Waals surface area contributed by atoms with E-state index < -0.39 is 0 Å². The van der Waals surface area contributed by atoms with Crippen molar-refractivity contribution in [2.45, 2.75) is 38.7 Å². The third-order valence-corrected chi connectivity index (χ3v) is 4.73. The quantitative estimate of drug-likeness (QED) is 0.820. The molecule has 0 saturated carbocycles. The number of carbonyl (C=O) groups is 2. The van der Waals surface area contributed by atoms with Crippen LogP contribution in [0.5, 0.6) is 0 Å². The summed E-state index contributed by atoms with van der Waals surface area (Å²) in [5.41, 5.74) is 0.607. The zero-order valence-electron chi connectivity index (χ0n) is 15.0. The lowest BCUT2D eigenvalue weighted by atomic mass is 9.95. The fraction of sp³-hybridized carbons (Fsp3) is 0.579. The molecule has 1 atom stereocenters. The van der Waals surface area contributed by atoms with Crippen LogP contribution in [0, 0.1) is 11.7 Å². The van der Waals surface area contributed by atoms with Crippen LogP contribution < -0.4 is 5.32 Å². The second-order valence-electron chi connectivity index (χ2n) is 6.54. The Balaban J connectivity index is 1.70. The molecule has 1 aliphatic rings. The third-order valence-electron chi connectivity index (χ3n) is 4.73. The van der Waals surface area contributed by atoms with E-state index in [0.29, 0.717) is 50.9 Å². The predicted octanol–water partition coefficient (Wildman–Crippen LogP) is 2.15. The zero-order valence-corrected chi connectivity index (χ0v) is 15.0. The van der Waals surface area contributed by atoms with Crippen LogP contribution in [0.1, 0.15) is 31.7 Å². The molecule has 0 spiro atoms. The lowest BCUT2D eigenvalue weighted by Gasteiger charge is -2.32. The van der Waals surface area contributed by atoms with Crippen LogP contribution in [0.2, 0.25) is 0 Å². The third kappa shape index (κ3) is 5.81. The van der Waals surface area contributed by atoms with Gasteiger partial charge in [-0.05, 0) is 37.8 Å². The number of ether oxygens (including phenoxy) is 1. The first-order valence-corrected chi connectivity index (χ1v) is 8.83. The van der Waals surface area contributed by atoms with E-state index >= 15 is 0 Å². The highest BCUT2D eigenvalue weighted by Crippen LogP contribution is 2.18. The number of nitrogens with one attached hydrogen (secondary N) is 1. The number of methoxy groups -OCH3 is 1. The second kappa shape index (κ2) is 9.51. The maximum Gasteiger partial charge on any atom is 0.225 e. The van der Waals surface area contributed by atoms with Crippen LogP contribution in [0.3, 0.4) is 0 Å². The Labute approximate surface area is 148 Å². The zero-order chi connectivity index (χ0) is 18.2. The van der Waals surface area contributed by atoms with Crippen molar-refractivity contribution >= 4 is 11.8 Å². The highest BCUT2D eigenvalue weighted by molar-refractivity contribution is 5.80. The largest absolute Gasteiger partial charge is 0.381 e. The van der Waals surface area contributed by atoms with Gasteiger partial charge in [0.2, 0.25) is 11.8 Å². The van der Waals surface area contributed by atoms with Gasteiger partial charge in [0, 0.05) is 32.7 Å². The van der Waals surface area contributed by atoms with Gasteiger partial charge in [-0.2, -0.15) is 0 Å². The summed E-state index contributed by atoms with van der Waals surface area (Å²) in [7, 11) is 1.59. The van der Waals surface area contributed by atoms with Gasteiger partial charge in [0.1, 0.15) is 5.82 Å². The van der Waals surface area contributed by atoms with Crippen LogP contribution in [0.15, 0.2) is 24.3 Å². The van der Waals surface area contributed by atoms with E-state index in [-0.39, 0.29) is 29.7 Å². The molecule has 5 nitrogen and oxygen atoms in total. The van der Waals surface area contributed by atoms with E-state index in [9.17, 15) is 14.0 Å². The van der Waals surface area contributed by atoms with E-state index in [1.54, 1.807) is 30.2 Å². The second-order valence-corrected chi connectivity index (χ2v) is 6.54. The molecular formula is C19H27FN2O3. The van der Waals surface area contributed by atoms with Gasteiger partial charge in [-0.15, -0.1) is 0 Å². The summed E-state index contributed by atoms with van der Waals surface area (Å²) in [6.07, 6.45) is 2.09. The van der Waals surface area contributed by atoms with E-state index in [1.165, 1.54) is 6.07 Å². The lowest BCUT2D eigenvalue weighted by molar-refractivity contribution is -0.137. The number of likely N-dealkylation sites (tertiary alicyclic amines) is 1. The van der Waals surface area contributed by atoms with Crippen molar-refractivity contribution in [1.82, 2.24) is 10.2 Å². The molecule has 1 aliphatic heterocycles. The molecule has 6 heteroatoms. The molecule has 1 unspecified atom stereocenters. The van der Waals surface area contributed by atoms with Gasteiger partial charge in [-0.1, -0.05) is 18.2 Å². The van der Waals surface area contributed by atoms with Crippen molar-refractivity contribution in [3.05, 3.63) is 35.6 Å². The number of benzene rings is 1. The number of carbonyl (C=O) groups excluding carboxylic acids is 2. The molecule has 1 aromatic carbocycles. The minimum Gasteiger partial charge on any atom is -0.381 e. The minimum atomic E-state index is -0.242. The molecule has 0 aliphatic carbocycles. The summed E-state index contributed by atoms with van der Waals surface area (Å²) in [6, 6.07) is 6.60. The van der Waals surface area contributed by atoms with E-state index in [1.807, 2.05) is 6.92 Å². The van der Waals surface area contributed by atoms with Gasteiger partial charge >= 0.3 is 0 Å². The molecule has 1 saturated heterocycles. The molecule has 0 bridgehead atoms. The standard InChI is InChI=1S/C19H27FN2O3/c1-14(25-2)13-18(23)22-11-8-16(9-12-22)19(24)21-10-7-15-5-3-4-6-17(15)20/h3-6,14,16H,7-13H2,1-2H3,(H,21,24). The molecule has 1 fully saturated rings. The van der Waals surface area contributed by atoms with Gasteiger partial charge in [0.25, 0.3) is 0 Å². The first kappa shape index (κ1) is 19.4. The van der Waals surface area contributed by atoms with Crippen LogP contribution >= 0.6 is 0 Å². The van der Waals surface area contributed by atoms with Crippen LogP contribution in [0.4, 0.5) is 4.39 Å². The van der Waals surface area contributed by atoms with E-state index in [4.69, 9.17) is 4.74 Å². The molecule has 1 heterocycles. The molecule has 25 heavy (non-hydrogen) atoms. The van der Waals surface area contributed by atoms with Gasteiger partial charge in [0.15, 0.2) is 0 Å². The Kier molecular flexibility index (Phi) is 7.37. The summed E-state index contributed by atoms with van der Waals surface area (Å²) < 4.78 is 18.7. The van der Waals surface area contributed by atoms with Crippen molar-refractivity contribution in [3.8, 4) is 0 Å². The highest BCUT2D eigenvalue weighted by atomic mass is 19.1. The molecule has 1 N–H and O–H groups in total. The number of piperidine rings is 1. The monoisotopic (exact) mass is 350 g/mol. The Bertz CT molecular complexity index is 586. The lowest BCUT2D eigenvalue weighted by Crippen LogP contribution is -2.44. The molecular weight excluding hydrogens is 323 g/mol. The molecule has 0 aromatic heterocycles. The molecule has 2 rings (SSSR count). The summed E-state index contributed by atoms with van der Waals surface area (Å²) >= 11 is 0. The number of rotatable bonds is 7. The fourth-order valence-corrected chi connectivity index (χ4v) is 3.02. The molecule has 0 radical (unpaired) electrons. The average molecular weight is 350 g/mol. The Morgan fingerprint density at radius 3 is 2.64 bits per heavy atom. The van der Waals surface area contributed by atoms with Crippen molar-refractivity contribution < 1.29 is 18.7 Å². The van der Waals surface area contributed by atoms with Crippen molar-refractivity contribution in [1.29, 1.82) is 0 Å². The van der Waals surface area contributed by atoms with Gasteiger partial charge in [-0.3, -0.25) is 9.59 Å². The molecule has 2 amide bonds. The fourth-order valence-electron chi connectivity index (χ4n) is 3.02. The van der Waals surface area contributed by atoms with E-state index in [0.717, 1.165) is 0 Å². The summed E-state index contributed by atoms with van der Waals surface area (Å²) in [4.78, 5) is 26.2. The Morgan fingerprint density at radius 2 is 2.00 bits per heavy atom. The summed E-state index contributed by atoms with van der Waals surface area (Å²) in [5, 5.41) is 2.88. The predicted molar refractivity (Wildman–Crippen MR) is 93.5 cm³/mol. The molecule has 1 aromatic rings. The minimum absolute atomic E-state index is 0.00584. The topological polar surface area (TPSA) is 58.6 Å². The maximum absolute atomic E-state index is 13.5. The Morgan fingerprint density at radius 1 is 1.32 bits per heavy atom. The highest BCUT2D eigenvalue weighted by Gasteiger charge is 2.27. The van der Waals surface area contributed by atoms with Crippen LogP contribution in [0.25, 0.3) is 0 Å². The van der Waals surface area contributed by atoms with Crippen LogP contribution in [-0.2, 0) is 20.7 Å². The van der Waals surface area contributed by atoms with E-state index in [2.05, 4.69) is 5.32 Å². The number of hydrogen-bond donors (Lipinski definition) is 1. The van der Waals surface area contributed by atoms with Crippen molar-refractivity contribution in [2.24, 2.45) is 5.92 Å². The number of hydrogen-bond acceptors (Lipinski definition) is 3. The van der Waals surface area contributed by atoms with Crippen molar-refractivity contribution in [2.75, 3.05) is 26.7 Å². The number of amides is 2. The number of halogens is 1. The SMILES string of the molecule is COC(C)CC(=O)N1CCC(C(=O)NCCc2ccccc2F)CC1. The first-order valence-electron chi connectivity index (χ1n) is 8.83. The van der Waals surface area contributed by atoms with Gasteiger partial charge in [0.05, 0.1) is 12.5 Å². The van der Waals surface area contributed by atoms with Gasteiger partial charge in [-0.25, -0.2) is 4.39 Å². The van der Waals surface area contributed by atoms with Crippen molar-refractivity contribution in [3.63, 3.8) is 0 Å². The summed E-state index contributed by atoms with van der Waals surface area (Å²) in [6.45, 7) is 3.49.